The summed E-state index contributed by atoms with van der Waals surface area (Å²) in [6, 6.07) is 20.8. The summed E-state index contributed by atoms with van der Waals surface area (Å²) in [7, 11) is 0. The van der Waals surface area contributed by atoms with Gasteiger partial charge in [0.1, 0.15) is 11.5 Å². The number of hydrogen-bond acceptors (Lipinski definition) is 4. The number of esters is 1. The van der Waals surface area contributed by atoms with Crippen molar-refractivity contribution >= 4 is 35.5 Å². The first-order chi connectivity index (χ1) is 13.1. The smallest absolute Gasteiger partial charge is 0.336 e. The quantitative estimate of drug-likeness (QED) is 0.280. The third-order valence-corrected chi connectivity index (χ3v) is 3.81. The predicted octanol–water partition coefficient (Wildman–Crippen LogP) is 5.42. The molecule has 0 unspecified atom stereocenters. The zero-order valence-electron chi connectivity index (χ0n) is 14.2. The van der Waals surface area contributed by atoms with Crippen molar-refractivity contribution in [3.63, 3.8) is 0 Å². The lowest BCUT2D eigenvalue weighted by atomic mass is 10.2. The van der Waals surface area contributed by atoms with E-state index in [4.69, 9.17) is 16.3 Å². The maximum atomic E-state index is 11.9. The summed E-state index contributed by atoms with van der Waals surface area (Å²) in [5.41, 5.74) is 2.41. The van der Waals surface area contributed by atoms with Crippen LogP contribution in [0.15, 0.2) is 83.9 Å². The van der Waals surface area contributed by atoms with Crippen molar-refractivity contribution in [2.75, 3.05) is 0 Å². The number of carbonyl (C=O) groups excluding carboxylic acids is 1. The SMILES string of the molecule is O=C(/C=C/c1cccc(Cl)c1)Oc1ccc(/C=N/c2ccc(O)cc2)cc1. The second-order valence-corrected chi connectivity index (χ2v) is 6.09. The molecule has 5 heteroatoms. The molecular formula is C22H16ClNO3. The van der Waals surface area contributed by atoms with Crippen LogP contribution in [0.3, 0.4) is 0 Å². The topological polar surface area (TPSA) is 58.9 Å². The van der Waals surface area contributed by atoms with E-state index in [0.29, 0.717) is 10.8 Å². The highest BCUT2D eigenvalue weighted by atomic mass is 35.5. The van der Waals surface area contributed by atoms with Gasteiger partial charge in [-0.2, -0.15) is 0 Å². The molecule has 3 rings (SSSR count). The zero-order chi connectivity index (χ0) is 19.1. The van der Waals surface area contributed by atoms with Gasteiger partial charge >= 0.3 is 5.97 Å². The second kappa shape index (κ2) is 8.83. The van der Waals surface area contributed by atoms with Gasteiger partial charge in [0, 0.05) is 17.3 Å². The molecule has 1 N–H and O–H groups in total. The van der Waals surface area contributed by atoms with Gasteiger partial charge in [-0.3, -0.25) is 4.99 Å². The number of phenolic OH excluding ortho intramolecular Hbond substituents is 1. The van der Waals surface area contributed by atoms with E-state index in [1.807, 2.05) is 12.1 Å². The Balaban J connectivity index is 1.58. The van der Waals surface area contributed by atoms with E-state index in [2.05, 4.69) is 4.99 Å². The summed E-state index contributed by atoms with van der Waals surface area (Å²) in [5.74, 6) is 0.169. The molecule has 0 saturated carbocycles. The Morgan fingerprint density at radius 1 is 0.963 bits per heavy atom. The summed E-state index contributed by atoms with van der Waals surface area (Å²) in [6.07, 6.45) is 4.69. The molecule has 0 amide bonds. The molecule has 27 heavy (non-hydrogen) atoms. The maximum absolute atomic E-state index is 11.9. The van der Waals surface area contributed by atoms with Gasteiger partial charge < -0.3 is 9.84 Å². The molecule has 3 aromatic carbocycles. The molecule has 0 fully saturated rings. The normalized spacial score (nSPS) is 11.1. The van der Waals surface area contributed by atoms with Crippen molar-refractivity contribution in [2.24, 2.45) is 4.99 Å². The molecule has 0 aliphatic rings. The number of carbonyl (C=O) groups is 1. The van der Waals surface area contributed by atoms with Gasteiger partial charge in [-0.1, -0.05) is 23.7 Å². The van der Waals surface area contributed by atoms with Gasteiger partial charge in [-0.15, -0.1) is 0 Å². The Hall–Kier alpha value is -3.37. The third-order valence-electron chi connectivity index (χ3n) is 3.57. The highest BCUT2D eigenvalue weighted by Crippen LogP contribution is 2.17. The van der Waals surface area contributed by atoms with Gasteiger partial charge in [0.2, 0.25) is 0 Å². The van der Waals surface area contributed by atoms with Crippen LogP contribution in [0.25, 0.3) is 6.08 Å². The lowest BCUT2D eigenvalue weighted by molar-refractivity contribution is -0.128. The van der Waals surface area contributed by atoms with Crippen LogP contribution < -0.4 is 4.74 Å². The molecule has 0 bridgehead atoms. The van der Waals surface area contributed by atoms with Crippen LogP contribution >= 0.6 is 11.6 Å². The maximum Gasteiger partial charge on any atom is 0.336 e. The van der Waals surface area contributed by atoms with Crippen LogP contribution in [-0.4, -0.2) is 17.3 Å². The summed E-state index contributed by atoms with van der Waals surface area (Å²) in [5, 5.41) is 9.86. The molecule has 0 aliphatic heterocycles. The minimum Gasteiger partial charge on any atom is -0.508 e. The summed E-state index contributed by atoms with van der Waals surface area (Å²) in [6.45, 7) is 0. The van der Waals surface area contributed by atoms with Crippen molar-refractivity contribution < 1.29 is 14.6 Å². The first-order valence-electron chi connectivity index (χ1n) is 8.17. The first-order valence-corrected chi connectivity index (χ1v) is 8.55. The molecule has 0 aromatic heterocycles. The van der Waals surface area contributed by atoms with Crippen molar-refractivity contribution in [3.8, 4) is 11.5 Å². The molecule has 3 aromatic rings. The van der Waals surface area contributed by atoms with E-state index in [9.17, 15) is 9.90 Å². The fraction of sp³-hybridized carbons (Fsp3) is 0. The number of hydrogen-bond donors (Lipinski definition) is 1. The Labute approximate surface area is 162 Å². The fourth-order valence-electron chi connectivity index (χ4n) is 2.23. The number of rotatable bonds is 5. The van der Waals surface area contributed by atoms with Crippen molar-refractivity contribution in [3.05, 3.63) is 95.0 Å². The van der Waals surface area contributed by atoms with Gasteiger partial charge in [-0.25, -0.2) is 4.79 Å². The minimum atomic E-state index is -0.472. The average Bonchev–Trinajstić information content (AvgIpc) is 2.67. The van der Waals surface area contributed by atoms with Crippen LogP contribution in [0.2, 0.25) is 5.02 Å². The number of nitrogens with zero attached hydrogens (tertiary/aromatic N) is 1. The van der Waals surface area contributed by atoms with Crippen LogP contribution in [0, 0.1) is 0 Å². The van der Waals surface area contributed by atoms with Gasteiger partial charge in [-0.05, 0) is 77.9 Å². The Morgan fingerprint density at radius 3 is 2.41 bits per heavy atom. The zero-order valence-corrected chi connectivity index (χ0v) is 15.0. The lowest BCUT2D eigenvalue weighted by Crippen LogP contribution is -2.03. The molecule has 0 atom stereocenters. The molecule has 0 spiro atoms. The molecular weight excluding hydrogens is 362 g/mol. The Morgan fingerprint density at radius 2 is 1.70 bits per heavy atom. The summed E-state index contributed by atoms with van der Waals surface area (Å²) >= 11 is 5.90. The van der Waals surface area contributed by atoms with Crippen molar-refractivity contribution in [1.82, 2.24) is 0 Å². The monoisotopic (exact) mass is 377 g/mol. The molecule has 0 heterocycles. The van der Waals surface area contributed by atoms with E-state index in [0.717, 1.165) is 16.8 Å². The van der Waals surface area contributed by atoms with Crippen LogP contribution in [0.5, 0.6) is 11.5 Å². The number of ether oxygens (including phenoxy) is 1. The molecule has 4 nitrogen and oxygen atoms in total. The van der Waals surface area contributed by atoms with Crippen LogP contribution in [0.4, 0.5) is 5.69 Å². The number of halogens is 1. The van der Waals surface area contributed by atoms with Gasteiger partial charge in [0.15, 0.2) is 0 Å². The average molecular weight is 378 g/mol. The van der Waals surface area contributed by atoms with E-state index in [1.165, 1.54) is 6.08 Å². The molecule has 0 radical (unpaired) electrons. The Bertz CT molecular complexity index is 977. The van der Waals surface area contributed by atoms with Gasteiger partial charge in [0.25, 0.3) is 0 Å². The molecule has 134 valence electrons. The first kappa shape index (κ1) is 18.4. The van der Waals surface area contributed by atoms with Crippen LogP contribution in [-0.2, 0) is 4.79 Å². The van der Waals surface area contributed by atoms with E-state index >= 15 is 0 Å². The van der Waals surface area contributed by atoms with E-state index in [1.54, 1.807) is 73.0 Å². The molecule has 0 aliphatic carbocycles. The lowest BCUT2D eigenvalue weighted by Gasteiger charge is -2.02. The fourth-order valence-corrected chi connectivity index (χ4v) is 2.43. The predicted molar refractivity (Wildman–Crippen MR) is 108 cm³/mol. The third kappa shape index (κ3) is 5.83. The van der Waals surface area contributed by atoms with Gasteiger partial charge in [0.05, 0.1) is 5.69 Å². The van der Waals surface area contributed by atoms with E-state index < -0.39 is 5.97 Å². The minimum absolute atomic E-state index is 0.199. The number of aliphatic imine (C=N–C) groups is 1. The molecule has 0 saturated heterocycles. The highest BCUT2D eigenvalue weighted by Gasteiger charge is 2.01. The van der Waals surface area contributed by atoms with Crippen molar-refractivity contribution in [2.45, 2.75) is 0 Å². The van der Waals surface area contributed by atoms with Crippen molar-refractivity contribution in [1.29, 1.82) is 0 Å². The number of benzene rings is 3. The summed E-state index contributed by atoms with van der Waals surface area (Å²) in [4.78, 5) is 16.2. The standard InChI is InChI=1S/C22H16ClNO3/c23-18-3-1-2-16(14-18)6-13-22(26)27-21-11-4-17(5-12-21)15-24-19-7-9-20(25)10-8-19/h1-15,25H/b13-6+,24-15+. The van der Waals surface area contributed by atoms with Crippen LogP contribution in [0.1, 0.15) is 11.1 Å². The Kier molecular flexibility index (Phi) is 6.02. The number of aromatic hydroxyl groups is 1. The summed E-state index contributed by atoms with van der Waals surface area (Å²) < 4.78 is 5.27. The largest absolute Gasteiger partial charge is 0.508 e. The highest BCUT2D eigenvalue weighted by molar-refractivity contribution is 6.30. The second-order valence-electron chi connectivity index (χ2n) is 5.65. The number of phenols is 1. The van der Waals surface area contributed by atoms with E-state index in [-0.39, 0.29) is 5.75 Å².